The lowest BCUT2D eigenvalue weighted by Gasteiger charge is -2.20. The molecule has 25 heavy (non-hydrogen) atoms. The van der Waals surface area contributed by atoms with E-state index >= 15 is 0 Å². The summed E-state index contributed by atoms with van der Waals surface area (Å²) in [5.41, 5.74) is 1.48. The van der Waals surface area contributed by atoms with Crippen molar-refractivity contribution in [1.29, 1.82) is 0 Å². The Balaban J connectivity index is 1.40. The number of aliphatic hydroxyl groups excluding tert-OH is 1. The summed E-state index contributed by atoms with van der Waals surface area (Å²) >= 11 is 0. The Labute approximate surface area is 145 Å². The van der Waals surface area contributed by atoms with Crippen LogP contribution in [0.4, 0.5) is 0 Å². The van der Waals surface area contributed by atoms with E-state index in [0.29, 0.717) is 50.2 Å². The van der Waals surface area contributed by atoms with E-state index in [1.165, 1.54) is 0 Å². The number of amides is 1. The second kappa shape index (κ2) is 6.57. The van der Waals surface area contributed by atoms with Crippen LogP contribution in [0.3, 0.4) is 0 Å². The van der Waals surface area contributed by atoms with Gasteiger partial charge in [0, 0.05) is 37.8 Å². The van der Waals surface area contributed by atoms with Gasteiger partial charge in [0.1, 0.15) is 11.5 Å². The SMILES string of the molecule is Cc1nc(CN2CCN(C(=O)c3cc(C4CC4)[nH]n3)C[C@@H](O)C2)n[nH]1. The Morgan fingerprint density at radius 2 is 2.12 bits per heavy atom. The van der Waals surface area contributed by atoms with Crippen molar-refractivity contribution in [3.05, 3.63) is 29.1 Å². The lowest BCUT2D eigenvalue weighted by atomic mass is 10.2. The number of hydrogen-bond acceptors (Lipinski definition) is 6. The third-order valence-corrected chi connectivity index (χ3v) is 4.72. The molecule has 1 aliphatic heterocycles. The van der Waals surface area contributed by atoms with Crippen LogP contribution in [0.1, 0.15) is 46.6 Å². The molecule has 3 heterocycles. The molecule has 0 spiro atoms. The molecule has 9 heteroatoms. The number of hydrogen-bond donors (Lipinski definition) is 3. The van der Waals surface area contributed by atoms with Crippen LogP contribution in [0.2, 0.25) is 0 Å². The Morgan fingerprint density at radius 1 is 1.28 bits per heavy atom. The first-order valence-electron chi connectivity index (χ1n) is 8.71. The standard InChI is InChI=1S/C16H23N7O2/c1-10-17-15(21-18-10)9-22-4-5-23(8-12(24)7-22)16(25)14-6-13(19-20-14)11-2-3-11/h6,11-12,24H,2-5,7-9H2,1H3,(H,19,20)(H,17,18,21)/t12-/m0/s1. The number of rotatable bonds is 4. The minimum atomic E-state index is -0.603. The summed E-state index contributed by atoms with van der Waals surface area (Å²) in [5, 5.41) is 24.4. The number of aryl methyl sites for hydroxylation is 1. The van der Waals surface area contributed by atoms with Gasteiger partial charge in [-0.05, 0) is 25.8 Å². The number of β-amino-alcohol motifs (C(OH)–C–C–N with tert-alkyl or cyclic N) is 1. The fourth-order valence-electron chi connectivity index (χ4n) is 3.25. The zero-order valence-electron chi connectivity index (χ0n) is 14.3. The van der Waals surface area contributed by atoms with Crippen LogP contribution in [-0.4, -0.2) is 78.5 Å². The molecular weight excluding hydrogens is 322 g/mol. The fourth-order valence-corrected chi connectivity index (χ4v) is 3.25. The molecule has 1 atom stereocenters. The van der Waals surface area contributed by atoms with Gasteiger partial charge in [-0.15, -0.1) is 0 Å². The molecule has 0 unspecified atom stereocenters. The summed E-state index contributed by atoms with van der Waals surface area (Å²) in [7, 11) is 0. The number of carbonyl (C=O) groups is 1. The summed E-state index contributed by atoms with van der Waals surface area (Å²) in [6, 6.07) is 1.85. The molecule has 1 saturated heterocycles. The summed E-state index contributed by atoms with van der Waals surface area (Å²) < 4.78 is 0. The van der Waals surface area contributed by atoms with E-state index in [0.717, 1.165) is 24.4 Å². The molecule has 1 saturated carbocycles. The van der Waals surface area contributed by atoms with Crippen molar-refractivity contribution >= 4 is 5.91 Å². The van der Waals surface area contributed by atoms with Crippen LogP contribution in [0.5, 0.6) is 0 Å². The number of aromatic nitrogens is 5. The molecule has 9 nitrogen and oxygen atoms in total. The number of nitrogens with zero attached hydrogens (tertiary/aromatic N) is 5. The highest BCUT2D eigenvalue weighted by Gasteiger charge is 2.30. The van der Waals surface area contributed by atoms with Crippen LogP contribution in [0.25, 0.3) is 0 Å². The first-order chi connectivity index (χ1) is 12.1. The second-order valence-corrected chi connectivity index (χ2v) is 6.96. The summed E-state index contributed by atoms with van der Waals surface area (Å²) in [6.07, 6.45) is 1.72. The molecule has 2 aromatic heterocycles. The van der Waals surface area contributed by atoms with Gasteiger partial charge in [-0.3, -0.25) is 19.9 Å². The molecule has 0 aromatic carbocycles. The molecule has 134 valence electrons. The van der Waals surface area contributed by atoms with Crippen molar-refractivity contribution in [2.45, 2.75) is 38.3 Å². The van der Waals surface area contributed by atoms with Crippen LogP contribution in [0, 0.1) is 6.92 Å². The molecule has 0 bridgehead atoms. The number of aliphatic hydroxyl groups is 1. The van der Waals surface area contributed by atoms with E-state index in [4.69, 9.17) is 0 Å². The quantitative estimate of drug-likeness (QED) is 0.720. The molecule has 0 radical (unpaired) electrons. The largest absolute Gasteiger partial charge is 0.390 e. The number of carbonyl (C=O) groups excluding carboxylic acids is 1. The Morgan fingerprint density at radius 3 is 2.84 bits per heavy atom. The zero-order chi connectivity index (χ0) is 17.4. The van der Waals surface area contributed by atoms with E-state index in [1.54, 1.807) is 4.90 Å². The van der Waals surface area contributed by atoms with Gasteiger partial charge in [-0.1, -0.05) is 0 Å². The normalized spacial score (nSPS) is 22.2. The Hall–Kier alpha value is -2.26. The van der Waals surface area contributed by atoms with Crippen LogP contribution in [-0.2, 0) is 6.54 Å². The third kappa shape index (κ3) is 3.72. The van der Waals surface area contributed by atoms with Gasteiger partial charge in [0.25, 0.3) is 5.91 Å². The maximum atomic E-state index is 12.7. The average Bonchev–Trinajstić information content (AvgIpc) is 3.22. The van der Waals surface area contributed by atoms with Crippen molar-refractivity contribution in [2.75, 3.05) is 26.2 Å². The van der Waals surface area contributed by atoms with Crippen molar-refractivity contribution in [3.8, 4) is 0 Å². The highest BCUT2D eigenvalue weighted by molar-refractivity contribution is 5.92. The van der Waals surface area contributed by atoms with Gasteiger partial charge < -0.3 is 10.0 Å². The number of nitrogens with one attached hydrogen (secondary N) is 2. The van der Waals surface area contributed by atoms with Crippen LogP contribution < -0.4 is 0 Å². The number of H-pyrrole nitrogens is 2. The monoisotopic (exact) mass is 345 g/mol. The Bertz CT molecular complexity index is 751. The predicted octanol–water partition coefficient (Wildman–Crippen LogP) is 0.0325. The van der Waals surface area contributed by atoms with Gasteiger partial charge in [-0.2, -0.15) is 10.2 Å². The highest BCUT2D eigenvalue weighted by atomic mass is 16.3. The minimum Gasteiger partial charge on any atom is -0.390 e. The third-order valence-electron chi connectivity index (χ3n) is 4.72. The first kappa shape index (κ1) is 16.2. The fraction of sp³-hybridized carbons (Fsp3) is 0.625. The van der Waals surface area contributed by atoms with Gasteiger partial charge in [0.2, 0.25) is 0 Å². The van der Waals surface area contributed by atoms with Gasteiger partial charge in [0.05, 0.1) is 12.6 Å². The molecule has 1 aliphatic carbocycles. The molecular formula is C16H23N7O2. The molecule has 1 amide bonds. The summed E-state index contributed by atoms with van der Waals surface area (Å²) in [6.45, 7) is 4.42. The summed E-state index contributed by atoms with van der Waals surface area (Å²) in [4.78, 5) is 20.8. The minimum absolute atomic E-state index is 0.127. The van der Waals surface area contributed by atoms with Gasteiger partial charge in [-0.25, -0.2) is 4.98 Å². The average molecular weight is 345 g/mol. The van der Waals surface area contributed by atoms with E-state index in [1.807, 2.05) is 13.0 Å². The van der Waals surface area contributed by atoms with E-state index in [2.05, 4.69) is 30.3 Å². The lowest BCUT2D eigenvalue weighted by molar-refractivity contribution is 0.0657. The molecule has 3 N–H and O–H groups in total. The number of aromatic amines is 2. The van der Waals surface area contributed by atoms with Gasteiger partial charge in [0.15, 0.2) is 5.82 Å². The lowest BCUT2D eigenvalue weighted by Crippen LogP contribution is -2.37. The predicted molar refractivity (Wildman–Crippen MR) is 88.9 cm³/mol. The van der Waals surface area contributed by atoms with Crippen molar-refractivity contribution in [2.24, 2.45) is 0 Å². The van der Waals surface area contributed by atoms with Crippen LogP contribution >= 0.6 is 0 Å². The van der Waals surface area contributed by atoms with Crippen LogP contribution in [0.15, 0.2) is 6.07 Å². The van der Waals surface area contributed by atoms with Crippen molar-refractivity contribution < 1.29 is 9.90 Å². The smallest absolute Gasteiger partial charge is 0.274 e. The zero-order valence-corrected chi connectivity index (χ0v) is 14.3. The molecule has 2 aromatic rings. The maximum absolute atomic E-state index is 12.7. The first-order valence-corrected chi connectivity index (χ1v) is 8.71. The summed E-state index contributed by atoms with van der Waals surface area (Å²) in [5.74, 6) is 1.87. The molecule has 2 aliphatic rings. The second-order valence-electron chi connectivity index (χ2n) is 6.96. The van der Waals surface area contributed by atoms with E-state index < -0.39 is 6.10 Å². The molecule has 4 rings (SSSR count). The van der Waals surface area contributed by atoms with E-state index in [9.17, 15) is 9.90 Å². The van der Waals surface area contributed by atoms with E-state index in [-0.39, 0.29) is 5.91 Å². The maximum Gasteiger partial charge on any atom is 0.274 e. The van der Waals surface area contributed by atoms with Crippen molar-refractivity contribution in [3.63, 3.8) is 0 Å². The van der Waals surface area contributed by atoms with Crippen molar-refractivity contribution in [1.82, 2.24) is 35.2 Å². The topological polar surface area (TPSA) is 114 Å². The molecule has 2 fully saturated rings. The Kier molecular flexibility index (Phi) is 4.26. The van der Waals surface area contributed by atoms with Gasteiger partial charge >= 0.3 is 0 Å². The highest BCUT2D eigenvalue weighted by Crippen LogP contribution is 2.39.